The average Bonchev–Trinajstić information content (AvgIpc) is 2.79. The molecule has 1 saturated carbocycles. The standard InChI is InChI=1S/C26H28F3NO2/c1-25(30,16-31)20-10-13-22-19(15-20)9-14-23(24(22)26(27,28)29)32-21-11-7-18(8-12-21)17-5-3-2-4-6-17/h2-6,9-10,13-15,18,21,31H,7-8,11-12,16,30H2,1H3. The summed E-state index contributed by atoms with van der Waals surface area (Å²) in [6.45, 7) is 1.33. The molecule has 0 aliphatic heterocycles. The van der Waals surface area contributed by atoms with Crippen molar-refractivity contribution in [2.75, 3.05) is 6.61 Å². The average molecular weight is 444 g/mol. The van der Waals surface area contributed by atoms with Gasteiger partial charge in [-0.3, -0.25) is 0 Å². The van der Waals surface area contributed by atoms with Gasteiger partial charge in [0.15, 0.2) is 0 Å². The molecule has 0 bridgehead atoms. The van der Waals surface area contributed by atoms with Gasteiger partial charge in [-0.15, -0.1) is 0 Å². The smallest absolute Gasteiger partial charge is 0.420 e. The number of benzene rings is 3. The van der Waals surface area contributed by atoms with E-state index in [1.165, 1.54) is 17.7 Å². The van der Waals surface area contributed by atoms with Crippen LogP contribution in [0.15, 0.2) is 60.7 Å². The topological polar surface area (TPSA) is 55.5 Å². The predicted molar refractivity (Wildman–Crippen MR) is 120 cm³/mol. The van der Waals surface area contributed by atoms with E-state index in [0.717, 1.165) is 25.7 Å². The fraction of sp³-hybridized carbons (Fsp3) is 0.385. The van der Waals surface area contributed by atoms with Crippen molar-refractivity contribution in [3.8, 4) is 5.75 Å². The van der Waals surface area contributed by atoms with Gasteiger partial charge in [0.2, 0.25) is 0 Å². The number of fused-ring (bicyclic) bond motifs is 1. The Hall–Kier alpha value is -2.57. The molecular formula is C26H28F3NO2. The van der Waals surface area contributed by atoms with Crippen LogP contribution in [0.5, 0.6) is 5.75 Å². The highest BCUT2D eigenvalue weighted by molar-refractivity contribution is 5.89. The van der Waals surface area contributed by atoms with Gasteiger partial charge in [-0.2, -0.15) is 13.2 Å². The summed E-state index contributed by atoms with van der Waals surface area (Å²) in [4.78, 5) is 0. The molecule has 4 rings (SSSR count). The number of alkyl halides is 3. The fourth-order valence-corrected chi connectivity index (χ4v) is 4.57. The van der Waals surface area contributed by atoms with Crippen LogP contribution in [0.4, 0.5) is 13.2 Å². The summed E-state index contributed by atoms with van der Waals surface area (Å²) < 4.78 is 48.2. The minimum atomic E-state index is -4.55. The summed E-state index contributed by atoms with van der Waals surface area (Å²) in [6.07, 6.45) is -1.58. The molecule has 3 N–H and O–H groups in total. The summed E-state index contributed by atoms with van der Waals surface area (Å²) in [5.74, 6) is 0.295. The Morgan fingerprint density at radius 1 is 0.969 bits per heavy atom. The minimum absolute atomic E-state index is 0.0745. The van der Waals surface area contributed by atoms with E-state index in [1.807, 2.05) is 18.2 Å². The number of nitrogens with two attached hydrogens (primary N) is 1. The zero-order valence-electron chi connectivity index (χ0n) is 18.0. The van der Waals surface area contributed by atoms with Crippen molar-refractivity contribution in [1.29, 1.82) is 0 Å². The van der Waals surface area contributed by atoms with Crippen molar-refractivity contribution in [1.82, 2.24) is 0 Å². The highest BCUT2D eigenvalue weighted by Gasteiger charge is 2.38. The molecule has 1 aliphatic rings. The zero-order valence-corrected chi connectivity index (χ0v) is 18.0. The van der Waals surface area contributed by atoms with E-state index >= 15 is 0 Å². The Labute approximate surface area is 186 Å². The first-order valence-electron chi connectivity index (χ1n) is 10.9. The molecule has 0 heterocycles. The minimum Gasteiger partial charge on any atom is -0.490 e. The van der Waals surface area contributed by atoms with Crippen LogP contribution in [0.25, 0.3) is 10.8 Å². The fourth-order valence-electron chi connectivity index (χ4n) is 4.57. The van der Waals surface area contributed by atoms with Crippen molar-refractivity contribution >= 4 is 10.8 Å². The van der Waals surface area contributed by atoms with Crippen LogP contribution in [0.3, 0.4) is 0 Å². The van der Waals surface area contributed by atoms with Gasteiger partial charge in [0.1, 0.15) is 11.3 Å². The van der Waals surface area contributed by atoms with E-state index in [9.17, 15) is 18.3 Å². The number of aliphatic hydroxyl groups excluding tert-OH is 1. The Bertz CT molecular complexity index is 1070. The van der Waals surface area contributed by atoms with Crippen LogP contribution in [0.1, 0.15) is 55.2 Å². The normalized spacial score (nSPS) is 21.3. The SMILES string of the molecule is CC(N)(CO)c1ccc2c(C(F)(F)F)c(OC3CCC(c4ccccc4)CC3)ccc2c1. The molecule has 0 amide bonds. The molecule has 3 aromatic rings. The summed E-state index contributed by atoms with van der Waals surface area (Å²) >= 11 is 0. The summed E-state index contributed by atoms with van der Waals surface area (Å²) in [6, 6.07) is 17.8. The summed E-state index contributed by atoms with van der Waals surface area (Å²) in [5, 5.41) is 9.99. The predicted octanol–water partition coefficient (Wildman–Crippen LogP) is 6.13. The van der Waals surface area contributed by atoms with E-state index in [2.05, 4.69) is 12.1 Å². The second-order valence-electron chi connectivity index (χ2n) is 8.95. The van der Waals surface area contributed by atoms with Crippen LogP contribution >= 0.6 is 0 Å². The molecule has 1 atom stereocenters. The highest BCUT2D eigenvalue weighted by Crippen LogP contribution is 2.43. The molecule has 1 fully saturated rings. The van der Waals surface area contributed by atoms with Crippen molar-refractivity contribution in [3.05, 3.63) is 77.4 Å². The second-order valence-corrected chi connectivity index (χ2v) is 8.95. The van der Waals surface area contributed by atoms with Gasteiger partial charge in [0.25, 0.3) is 0 Å². The number of hydrogen-bond donors (Lipinski definition) is 2. The lowest BCUT2D eigenvalue weighted by Gasteiger charge is -2.30. The van der Waals surface area contributed by atoms with Crippen molar-refractivity contribution < 1.29 is 23.0 Å². The maximum atomic E-state index is 14.1. The molecule has 0 saturated heterocycles. The van der Waals surface area contributed by atoms with Gasteiger partial charge in [-0.05, 0) is 72.6 Å². The zero-order chi connectivity index (χ0) is 22.9. The third-order valence-electron chi connectivity index (χ3n) is 6.49. The Morgan fingerprint density at radius 2 is 1.66 bits per heavy atom. The van der Waals surface area contributed by atoms with Crippen LogP contribution in [-0.2, 0) is 11.7 Å². The molecule has 1 unspecified atom stereocenters. The van der Waals surface area contributed by atoms with Crippen LogP contribution < -0.4 is 10.5 Å². The highest BCUT2D eigenvalue weighted by atomic mass is 19.4. The molecule has 3 nitrogen and oxygen atoms in total. The number of ether oxygens (including phenoxy) is 1. The van der Waals surface area contributed by atoms with Gasteiger partial charge >= 0.3 is 6.18 Å². The molecule has 170 valence electrons. The lowest BCUT2D eigenvalue weighted by atomic mass is 9.83. The van der Waals surface area contributed by atoms with Crippen LogP contribution in [0.2, 0.25) is 0 Å². The van der Waals surface area contributed by atoms with Crippen molar-refractivity contribution in [2.45, 2.75) is 56.3 Å². The third kappa shape index (κ3) is 4.62. The van der Waals surface area contributed by atoms with Crippen molar-refractivity contribution in [2.24, 2.45) is 5.73 Å². The first-order chi connectivity index (χ1) is 15.2. The van der Waals surface area contributed by atoms with Gasteiger partial charge in [0, 0.05) is 0 Å². The molecule has 1 aliphatic carbocycles. The Kier molecular flexibility index (Phi) is 6.19. The summed E-state index contributed by atoms with van der Waals surface area (Å²) in [5.41, 5.74) is 6.13. The molecule has 0 aromatic heterocycles. The first kappa shape index (κ1) is 22.6. The second kappa shape index (κ2) is 8.75. The van der Waals surface area contributed by atoms with E-state index in [1.54, 1.807) is 25.1 Å². The van der Waals surface area contributed by atoms with E-state index in [-0.39, 0.29) is 23.8 Å². The van der Waals surface area contributed by atoms with Crippen LogP contribution in [0, 0.1) is 0 Å². The molecule has 0 radical (unpaired) electrons. The monoisotopic (exact) mass is 443 g/mol. The van der Waals surface area contributed by atoms with E-state index in [4.69, 9.17) is 10.5 Å². The molecular weight excluding hydrogens is 415 g/mol. The Morgan fingerprint density at radius 3 is 2.28 bits per heavy atom. The maximum Gasteiger partial charge on any atom is 0.420 e. The van der Waals surface area contributed by atoms with E-state index in [0.29, 0.717) is 16.9 Å². The first-order valence-corrected chi connectivity index (χ1v) is 10.9. The number of rotatable bonds is 5. The number of hydrogen-bond acceptors (Lipinski definition) is 3. The number of halogens is 3. The van der Waals surface area contributed by atoms with Gasteiger partial charge in [-0.1, -0.05) is 48.5 Å². The number of aliphatic hydroxyl groups is 1. The van der Waals surface area contributed by atoms with Gasteiger partial charge in [0.05, 0.1) is 18.2 Å². The summed E-state index contributed by atoms with van der Waals surface area (Å²) in [7, 11) is 0. The van der Waals surface area contributed by atoms with Gasteiger partial charge < -0.3 is 15.6 Å². The molecule has 32 heavy (non-hydrogen) atoms. The molecule has 0 spiro atoms. The molecule has 6 heteroatoms. The van der Waals surface area contributed by atoms with E-state index < -0.39 is 17.3 Å². The maximum absolute atomic E-state index is 14.1. The molecule has 3 aromatic carbocycles. The van der Waals surface area contributed by atoms with Gasteiger partial charge in [-0.25, -0.2) is 0 Å². The third-order valence-corrected chi connectivity index (χ3v) is 6.49. The largest absolute Gasteiger partial charge is 0.490 e. The quantitative estimate of drug-likeness (QED) is 0.499. The van der Waals surface area contributed by atoms with Crippen molar-refractivity contribution in [3.63, 3.8) is 0 Å². The Balaban J connectivity index is 1.59. The lowest BCUT2D eigenvalue weighted by molar-refractivity contribution is -0.138. The lowest BCUT2D eigenvalue weighted by Crippen LogP contribution is -2.36. The van der Waals surface area contributed by atoms with Crippen LogP contribution in [-0.4, -0.2) is 17.8 Å².